The lowest BCUT2D eigenvalue weighted by Gasteiger charge is -2.34. The fourth-order valence-corrected chi connectivity index (χ4v) is 5.74. The highest BCUT2D eigenvalue weighted by molar-refractivity contribution is 6.05. The summed E-state index contributed by atoms with van der Waals surface area (Å²) in [6.07, 6.45) is 5.97. The minimum absolute atomic E-state index is 0.920. The van der Waals surface area contributed by atoms with E-state index in [2.05, 4.69) is 116 Å². The molecule has 5 nitrogen and oxygen atoms in total. The molecule has 5 heteroatoms. The molecule has 1 aliphatic heterocycles. The Morgan fingerprint density at radius 1 is 0.658 bits per heavy atom. The lowest BCUT2D eigenvalue weighted by atomic mass is 9.96. The molecule has 0 saturated carbocycles. The second kappa shape index (κ2) is 9.93. The van der Waals surface area contributed by atoms with Gasteiger partial charge in [-0.2, -0.15) is 0 Å². The summed E-state index contributed by atoms with van der Waals surface area (Å²) in [7, 11) is 0. The maximum absolute atomic E-state index is 4.62. The van der Waals surface area contributed by atoms with Gasteiger partial charge in [-0.3, -0.25) is 9.80 Å². The van der Waals surface area contributed by atoms with E-state index in [4.69, 9.17) is 0 Å². The molecular formula is C33H31N5. The van der Waals surface area contributed by atoms with Crippen molar-refractivity contribution in [2.24, 2.45) is 0 Å². The Labute approximate surface area is 222 Å². The first-order valence-corrected chi connectivity index (χ1v) is 13.4. The molecule has 6 aromatic rings. The second-order valence-electron chi connectivity index (χ2n) is 10.3. The summed E-state index contributed by atoms with van der Waals surface area (Å²) in [4.78, 5) is 16.4. The topological polar surface area (TPSA) is 50.9 Å². The zero-order valence-electron chi connectivity index (χ0n) is 21.4. The van der Waals surface area contributed by atoms with E-state index in [9.17, 15) is 0 Å². The molecule has 1 aliphatic rings. The molecule has 4 heterocycles. The van der Waals surface area contributed by atoms with E-state index >= 15 is 0 Å². The fraction of sp³-hybridized carbons (Fsp3) is 0.182. The van der Waals surface area contributed by atoms with Crippen molar-refractivity contribution in [3.63, 3.8) is 0 Å². The highest BCUT2D eigenvalue weighted by Crippen LogP contribution is 2.36. The lowest BCUT2D eigenvalue weighted by Crippen LogP contribution is -2.45. The third kappa shape index (κ3) is 4.51. The Hall–Kier alpha value is -4.19. The molecule has 0 bridgehead atoms. The van der Waals surface area contributed by atoms with E-state index in [1.807, 2.05) is 12.4 Å². The summed E-state index contributed by atoms with van der Waals surface area (Å²) in [5, 5.41) is 2.39. The van der Waals surface area contributed by atoms with Crippen LogP contribution in [0.5, 0.6) is 0 Å². The number of nitrogens with one attached hydrogen (secondary N) is 2. The Morgan fingerprint density at radius 2 is 1.37 bits per heavy atom. The minimum Gasteiger partial charge on any atom is -0.361 e. The van der Waals surface area contributed by atoms with Crippen LogP contribution in [0, 0.1) is 0 Å². The van der Waals surface area contributed by atoms with Crippen LogP contribution in [0.15, 0.2) is 104 Å². The Kier molecular flexibility index (Phi) is 6.00. The van der Waals surface area contributed by atoms with Crippen LogP contribution in [0.2, 0.25) is 0 Å². The number of hydrogen-bond acceptors (Lipinski definition) is 3. The molecule has 0 amide bonds. The Morgan fingerprint density at radius 3 is 2.13 bits per heavy atom. The number of benzene rings is 3. The van der Waals surface area contributed by atoms with Crippen molar-refractivity contribution in [1.82, 2.24) is 24.8 Å². The number of hydrogen-bond donors (Lipinski definition) is 2. The minimum atomic E-state index is 0.920. The van der Waals surface area contributed by atoms with E-state index in [1.54, 1.807) is 0 Å². The van der Waals surface area contributed by atoms with Gasteiger partial charge in [0.25, 0.3) is 0 Å². The van der Waals surface area contributed by atoms with E-state index in [0.717, 1.165) is 50.4 Å². The first kappa shape index (κ1) is 23.0. The van der Waals surface area contributed by atoms with Crippen molar-refractivity contribution in [3.8, 4) is 22.3 Å². The van der Waals surface area contributed by atoms with Gasteiger partial charge in [0, 0.05) is 74.3 Å². The van der Waals surface area contributed by atoms with Gasteiger partial charge in [0.05, 0.1) is 0 Å². The number of fused-ring (bicyclic) bond motifs is 2. The largest absolute Gasteiger partial charge is 0.361 e. The van der Waals surface area contributed by atoms with Crippen LogP contribution in [0.3, 0.4) is 0 Å². The van der Waals surface area contributed by atoms with Gasteiger partial charge in [0.2, 0.25) is 0 Å². The SMILES string of the molecule is c1ccc(CN2CCN(Cc3ccc(-c4ccnc5[nH]cc(-c6ccc7[nH]ccc7c6)c45)cc3)CC2)cc1. The van der Waals surface area contributed by atoms with E-state index in [1.165, 1.54) is 44.2 Å². The van der Waals surface area contributed by atoms with Crippen LogP contribution in [0.4, 0.5) is 0 Å². The molecule has 2 N–H and O–H groups in total. The number of nitrogens with zero attached hydrogens (tertiary/aromatic N) is 3. The molecular weight excluding hydrogens is 466 g/mol. The zero-order valence-corrected chi connectivity index (χ0v) is 21.4. The Balaban J connectivity index is 1.08. The lowest BCUT2D eigenvalue weighted by molar-refractivity contribution is 0.122. The summed E-state index contributed by atoms with van der Waals surface area (Å²) in [6, 6.07) is 30.7. The predicted octanol–water partition coefficient (Wildman–Crippen LogP) is 6.70. The van der Waals surface area contributed by atoms with Gasteiger partial charge in [0.15, 0.2) is 0 Å². The standard InChI is InChI=1S/C33H31N5/c1-2-4-24(5-3-1)22-37-16-18-38(19-17-37)23-25-6-8-26(9-7-25)29-13-15-35-33-32(29)30(21-36-33)27-10-11-31-28(20-27)12-14-34-31/h1-15,20-21,34H,16-19,22-23H2,(H,35,36). The van der Waals surface area contributed by atoms with Gasteiger partial charge >= 0.3 is 0 Å². The fourth-order valence-electron chi connectivity index (χ4n) is 5.74. The average molecular weight is 498 g/mol. The van der Waals surface area contributed by atoms with Crippen LogP contribution < -0.4 is 0 Å². The number of rotatable bonds is 6. The summed E-state index contributed by atoms with van der Waals surface area (Å²) in [6.45, 7) is 6.50. The Bertz CT molecular complexity index is 1670. The molecule has 0 spiro atoms. The first-order valence-electron chi connectivity index (χ1n) is 13.4. The third-order valence-corrected chi connectivity index (χ3v) is 7.82. The number of aromatic nitrogens is 3. The highest BCUT2D eigenvalue weighted by atomic mass is 15.3. The molecule has 0 atom stereocenters. The smallest absolute Gasteiger partial charge is 0.138 e. The number of H-pyrrole nitrogens is 2. The first-order chi connectivity index (χ1) is 18.8. The average Bonchev–Trinajstić information content (AvgIpc) is 3.62. The van der Waals surface area contributed by atoms with Crippen LogP contribution in [0.1, 0.15) is 11.1 Å². The van der Waals surface area contributed by atoms with Crippen LogP contribution in [-0.4, -0.2) is 50.9 Å². The molecule has 188 valence electrons. The summed E-state index contributed by atoms with van der Waals surface area (Å²) in [5.41, 5.74) is 9.65. The van der Waals surface area contributed by atoms with Crippen LogP contribution in [-0.2, 0) is 13.1 Å². The molecule has 7 rings (SSSR count). The maximum Gasteiger partial charge on any atom is 0.138 e. The van der Waals surface area contributed by atoms with Crippen LogP contribution in [0.25, 0.3) is 44.2 Å². The third-order valence-electron chi connectivity index (χ3n) is 7.82. The number of aromatic amines is 2. The molecule has 38 heavy (non-hydrogen) atoms. The summed E-state index contributed by atoms with van der Waals surface area (Å²) < 4.78 is 0. The van der Waals surface area contributed by atoms with Gasteiger partial charge in [-0.15, -0.1) is 0 Å². The van der Waals surface area contributed by atoms with E-state index in [0.29, 0.717) is 0 Å². The number of pyridine rings is 1. The highest BCUT2D eigenvalue weighted by Gasteiger charge is 2.18. The van der Waals surface area contributed by atoms with Gasteiger partial charge in [-0.25, -0.2) is 4.98 Å². The molecule has 1 fully saturated rings. The molecule has 0 radical (unpaired) electrons. The molecule has 3 aromatic heterocycles. The quantitative estimate of drug-likeness (QED) is 0.269. The molecule has 3 aromatic carbocycles. The van der Waals surface area contributed by atoms with Crippen LogP contribution >= 0.6 is 0 Å². The number of piperazine rings is 1. The van der Waals surface area contributed by atoms with Gasteiger partial charge in [-0.1, -0.05) is 60.7 Å². The second-order valence-corrected chi connectivity index (χ2v) is 10.3. The van der Waals surface area contributed by atoms with E-state index in [-0.39, 0.29) is 0 Å². The maximum atomic E-state index is 4.62. The zero-order chi connectivity index (χ0) is 25.3. The molecule has 1 saturated heterocycles. The van der Waals surface area contributed by atoms with Crippen molar-refractivity contribution < 1.29 is 0 Å². The van der Waals surface area contributed by atoms with Gasteiger partial charge in [0.1, 0.15) is 5.65 Å². The predicted molar refractivity (Wildman–Crippen MR) is 156 cm³/mol. The normalized spacial score (nSPS) is 14.9. The molecule has 0 aliphatic carbocycles. The van der Waals surface area contributed by atoms with Gasteiger partial charge in [-0.05, 0) is 57.5 Å². The summed E-state index contributed by atoms with van der Waals surface area (Å²) >= 11 is 0. The van der Waals surface area contributed by atoms with Crippen molar-refractivity contribution in [1.29, 1.82) is 0 Å². The van der Waals surface area contributed by atoms with Gasteiger partial charge < -0.3 is 9.97 Å². The monoisotopic (exact) mass is 497 g/mol. The summed E-state index contributed by atoms with van der Waals surface area (Å²) in [5.74, 6) is 0. The van der Waals surface area contributed by atoms with Crippen molar-refractivity contribution in [2.75, 3.05) is 26.2 Å². The van der Waals surface area contributed by atoms with E-state index < -0.39 is 0 Å². The molecule has 0 unspecified atom stereocenters. The van der Waals surface area contributed by atoms with Crippen molar-refractivity contribution >= 4 is 21.9 Å². The van der Waals surface area contributed by atoms with Crippen molar-refractivity contribution in [2.45, 2.75) is 13.1 Å². The van der Waals surface area contributed by atoms with Crippen molar-refractivity contribution in [3.05, 3.63) is 115 Å².